The van der Waals surface area contributed by atoms with Crippen molar-refractivity contribution in [2.75, 3.05) is 25.0 Å². The van der Waals surface area contributed by atoms with Gasteiger partial charge in [-0.15, -0.1) is 12.4 Å². The van der Waals surface area contributed by atoms with E-state index in [-0.39, 0.29) is 24.2 Å². The molecule has 0 spiro atoms. The van der Waals surface area contributed by atoms with Crippen LogP contribution in [0.4, 0.5) is 5.69 Å². The minimum atomic E-state index is -0.00392. The van der Waals surface area contributed by atoms with Crippen molar-refractivity contribution in [1.82, 2.24) is 5.32 Å². The van der Waals surface area contributed by atoms with Crippen molar-refractivity contribution < 1.29 is 4.79 Å². The van der Waals surface area contributed by atoms with Crippen LogP contribution in [-0.4, -0.2) is 26.0 Å². The van der Waals surface area contributed by atoms with Crippen molar-refractivity contribution in [2.24, 2.45) is 5.92 Å². The molecule has 1 amide bonds. The van der Waals surface area contributed by atoms with Gasteiger partial charge in [-0.3, -0.25) is 4.79 Å². The summed E-state index contributed by atoms with van der Waals surface area (Å²) in [4.78, 5) is 14.2. The normalized spacial score (nSPS) is 11.6. The molecule has 0 bridgehead atoms. The van der Waals surface area contributed by atoms with E-state index in [4.69, 9.17) is 0 Å². The van der Waals surface area contributed by atoms with Gasteiger partial charge < -0.3 is 10.2 Å². The van der Waals surface area contributed by atoms with Gasteiger partial charge in [0.1, 0.15) is 0 Å². The van der Waals surface area contributed by atoms with Gasteiger partial charge in [-0.2, -0.15) is 0 Å². The molecule has 1 atom stereocenters. The van der Waals surface area contributed by atoms with Crippen LogP contribution < -0.4 is 10.2 Å². The molecule has 0 saturated carbocycles. The highest BCUT2D eigenvalue weighted by Crippen LogP contribution is 2.20. The number of benzene rings is 1. The van der Waals surface area contributed by atoms with E-state index < -0.39 is 0 Å². The molecule has 19 heavy (non-hydrogen) atoms. The molecule has 0 heterocycles. The van der Waals surface area contributed by atoms with E-state index in [2.05, 4.69) is 37.4 Å². The smallest absolute Gasteiger partial charge is 0.231 e. The molecule has 4 heteroatoms. The SMILES string of the molecule is CCN(C(=O)C(C)CNC)c1cc(C)cc(C)c1.Cl. The van der Waals surface area contributed by atoms with Crippen LogP contribution in [0.3, 0.4) is 0 Å². The van der Waals surface area contributed by atoms with Crippen molar-refractivity contribution in [3.63, 3.8) is 0 Å². The number of carbonyl (C=O) groups is 1. The fourth-order valence-corrected chi connectivity index (χ4v) is 2.23. The fraction of sp³-hybridized carbons (Fsp3) is 0.533. The van der Waals surface area contributed by atoms with Gasteiger partial charge in [0.2, 0.25) is 5.91 Å². The van der Waals surface area contributed by atoms with Crippen molar-refractivity contribution in [3.8, 4) is 0 Å². The van der Waals surface area contributed by atoms with Gasteiger partial charge in [0.05, 0.1) is 0 Å². The Hall–Kier alpha value is -1.06. The number of hydrogen-bond donors (Lipinski definition) is 1. The third-order valence-corrected chi connectivity index (χ3v) is 3.03. The van der Waals surface area contributed by atoms with Crippen LogP contribution in [0.15, 0.2) is 18.2 Å². The lowest BCUT2D eigenvalue weighted by Gasteiger charge is -2.25. The monoisotopic (exact) mass is 284 g/mol. The lowest BCUT2D eigenvalue weighted by atomic mass is 10.1. The lowest BCUT2D eigenvalue weighted by molar-refractivity contribution is -0.121. The first-order chi connectivity index (χ1) is 8.49. The number of amides is 1. The fourth-order valence-electron chi connectivity index (χ4n) is 2.23. The highest BCUT2D eigenvalue weighted by atomic mass is 35.5. The van der Waals surface area contributed by atoms with Crippen LogP contribution in [0.1, 0.15) is 25.0 Å². The van der Waals surface area contributed by atoms with Crippen LogP contribution in [-0.2, 0) is 4.79 Å². The summed E-state index contributed by atoms with van der Waals surface area (Å²) in [5, 5.41) is 3.05. The summed E-state index contributed by atoms with van der Waals surface area (Å²) in [6.07, 6.45) is 0. The molecule has 108 valence electrons. The Labute approximate surface area is 122 Å². The maximum absolute atomic E-state index is 12.4. The Balaban J connectivity index is 0.00000324. The second-order valence-corrected chi connectivity index (χ2v) is 4.89. The number of hydrogen-bond acceptors (Lipinski definition) is 2. The average Bonchev–Trinajstić information content (AvgIpc) is 2.28. The Kier molecular flexibility index (Phi) is 7.72. The van der Waals surface area contributed by atoms with Gasteiger partial charge in [0.25, 0.3) is 0 Å². The molecule has 1 unspecified atom stereocenters. The predicted octanol–water partition coefficient (Wildman–Crippen LogP) is 2.93. The number of aryl methyl sites for hydroxylation is 2. The molecule has 1 aromatic carbocycles. The minimum absolute atomic E-state index is 0. The van der Waals surface area contributed by atoms with Crippen molar-refractivity contribution in [3.05, 3.63) is 29.3 Å². The second kappa shape index (κ2) is 8.18. The van der Waals surface area contributed by atoms with E-state index in [1.165, 1.54) is 11.1 Å². The van der Waals surface area contributed by atoms with Crippen LogP contribution >= 0.6 is 12.4 Å². The number of nitrogens with zero attached hydrogens (tertiary/aromatic N) is 1. The van der Waals surface area contributed by atoms with Gasteiger partial charge in [-0.25, -0.2) is 0 Å². The molecule has 0 aromatic heterocycles. The largest absolute Gasteiger partial charge is 0.319 e. The van der Waals surface area contributed by atoms with E-state index in [0.29, 0.717) is 13.1 Å². The molecule has 1 aromatic rings. The van der Waals surface area contributed by atoms with E-state index in [9.17, 15) is 4.79 Å². The molecule has 1 rings (SSSR count). The van der Waals surface area contributed by atoms with Gasteiger partial charge in [-0.05, 0) is 51.1 Å². The van der Waals surface area contributed by atoms with Crippen molar-refractivity contribution >= 4 is 24.0 Å². The maximum Gasteiger partial charge on any atom is 0.231 e. The summed E-state index contributed by atoms with van der Waals surface area (Å²) in [5.41, 5.74) is 3.39. The first kappa shape index (κ1) is 17.9. The van der Waals surface area contributed by atoms with Gasteiger partial charge in [0, 0.05) is 24.7 Å². The molecule has 0 fully saturated rings. The van der Waals surface area contributed by atoms with Crippen LogP contribution in [0, 0.1) is 19.8 Å². The van der Waals surface area contributed by atoms with Gasteiger partial charge >= 0.3 is 0 Å². The number of nitrogens with one attached hydrogen (secondary N) is 1. The first-order valence-corrected chi connectivity index (χ1v) is 6.53. The Bertz CT molecular complexity index is 400. The van der Waals surface area contributed by atoms with Crippen molar-refractivity contribution in [1.29, 1.82) is 0 Å². The molecule has 1 N–H and O–H groups in total. The third-order valence-electron chi connectivity index (χ3n) is 3.03. The Morgan fingerprint density at radius 1 is 1.26 bits per heavy atom. The molecule has 0 aliphatic heterocycles. The van der Waals surface area contributed by atoms with Crippen molar-refractivity contribution in [2.45, 2.75) is 27.7 Å². The zero-order valence-corrected chi connectivity index (χ0v) is 13.3. The minimum Gasteiger partial charge on any atom is -0.319 e. The van der Waals surface area contributed by atoms with Gasteiger partial charge in [0.15, 0.2) is 0 Å². The third kappa shape index (κ3) is 4.84. The first-order valence-electron chi connectivity index (χ1n) is 6.53. The van der Waals surface area contributed by atoms with Crippen LogP contribution in [0.2, 0.25) is 0 Å². The van der Waals surface area contributed by atoms with E-state index >= 15 is 0 Å². The zero-order valence-electron chi connectivity index (χ0n) is 12.5. The maximum atomic E-state index is 12.4. The summed E-state index contributed by atoms with van der Waals surface area (Å²) in [6, 6.07) is 6.26. The van der Waals surface area contributed by atoms with Crippen LogP contribution in [0.25, 0.3) is 0 Å². The van der Waals surface area contributed by atoms with E-state index in [1.807, 2.05) is 25.8 Å². The van der Waals surface area contributed by atoms with E-state index in [1.54, 1.807) is 0 Å². The molecule has 3 nitrogen and oxygen atoms in total. The molecular weight excluding hydrogens is 260 g/mol. The van der Waals surface area contributed by atoms with Crippen LogP contribution in [0.5, 0.6) is 0 Å². The molecule has 0 saturated heterocycles. The number of carbonyl (C=O) groups excluding carboxylic acids is 1. The highest BCUT2D eigenvalue weighted by Gasteiger charge is 2.20. The lowest BCUT2D eigenvalue weighted by Crippen LogP contribution is -2.38. The second-order valence-electron chi connectivity index (χ2n) is 4.89. The van der Waals surface area contributed by atoms with E-state index in [0.717, 1.165) is 5.69 Å². The Morgan fingerprint density at radius 2 is 1.79 bits per heavy atom. The number of anilines is 1. The number of halogens is 1. The highest BCUT2D eigenvalue weighted by molar-refractivity contribution is 5.95. The summed E-state index contributed by atoms with van der Waals surface area (Å²) in [6.45, 7) is 9.51. The molecule has 0 aliphatic carbocycles. The quantitative estimate of drug-likeness (QED) is 0.902. The summed E-state index contributed by atoms with van der Waals surface area (Å²) in [7, 11) is 1.87. The average molecular weight is 285 g/mol. The standard InChI is InChI=1S/C15H24N2O.ClH/c1-6-17(15(18)13(4)10-16-5)14-8-11(2)7-12(3)9-14;/h7-9,13,16H,6,10H2,1-5H3;1H. The molecule has 0 radical (unpaired) electrons. The number of rotatable bonds is 5. The molecular formula is C15H25ClN2O. The predicted molar refractivity (Wildman–Crippen MR) is 84.3 cm³/mol. The topological polar surface area (TPSA) is 32.3 Å². The summed E-state index contributed by atoms with van der Waals surface area (Å²) >= 11 is 0. The van der Waals surface area contributed by atoms with Gasteiger partial charge in [-0.1, -0.05) is 13.0 Å². The summed E-state index contributed by atoms with van der Waals surface area (Å²) in [5.74, 6) is 0.174. The summed E-state index contributed by atoms with van der Waals surface area (Å²) < 4.78 is 0. The Morgan fingerprint density at radius 3 is 2.21 bits per heavy atom. The zero-order chi connectivity index (χ0) is 13.7. The molecule has 0 aliphatic rings.